The lowest BCUT2D eigenvalue weighted by Gasteiger charge is -2.22. The predicted molar refractivity (Wildman–Crippen MR) is 81.0 cm³/mol. The molecule has 0 aliphatic heterocycles. The lowest BCUT2D eigenvalue weighted by atomic mass is 9.85. The number of hydrogen-bond acceptors (Lipinski definition) is 2. The van der Waals surface area contributed by atoms with E-state index < -0.39 is 0 Å². The van der Waals surface area contributed by atoms with E-state index in [-0.39, 0.29) is 11.8 Å². The Kier molecular flexibility index (Phi) is 4.96. The van der Waals surface area contributed by atoms with Gasteiger partial charge in [0, 0.05) is 23.3 Å². The molecule has 1 aromatic heterocycles. The highest BCUT2D eigenvalue weighted by molar-refractivity contribution is 6.30. The maximum Gasteiger partial charge on any atom is 0.235 e. The first kappa shape index (κ1) is 14.8. The SMILES string of the molecule is CCC(C)C(Cc1ccc(Cl)cc1)C(=O)n1ccnc1. The van der Waals surface area contributed by atoms with Crippen molar-refractivity contribution in [3.63, 3.8) is 0 Å². The van der Waals surface area contributed by atoms with Crippen LogP contribution in [0.4, 0.5) is 0 Å². The number of imidazole rings is 1. The van der Waals surface area contributed by atoms with E-state index in [4.69, 9.17) is 11.6 Å². The summed E-state index contributed by atoms with van der Waals surface area (Å²) >= 11 is 5.90. The lowest BCUT2D eigenvalue weighted by Crippen LogP contribution is -2.28. The van der Waals surface area contributed by atoms with Gasteiger partial charge >= 0.3 is 0 Å². The molecule has 0 fully saturated rings. The van der Waals surface area contributed by atoms with Crippen LogP contribution in [0, 0.1) is 11.8 Å². The van der Waals surface area contributed by atoms with Crippen LogP contribution < -0.4 is 0 Å². The van der Waals surface area contributed by atoms with Gasteiger partial charge in [-0.2, -0.15) is 0 Å². The zero-order valence-electron chi connectivity index (χ0n) is 11.8. The molecular formula is C16H19ClN2O. The summed E-state index contributed by atoms with van der Waals surface area (Å²) in [5.74, 6) is 0.378. The van der Waals surface area contributed by atoms with E-state index in [2.05, 4.69) is 18.8 Å². The van der Waals surface area contributed by atoms with E-state index in [1.165, 1.54) is 0 Å². The van der Waals surface area contributed by atoms with Gasteiger partial charge < -0.3 is 0 Å². The van der Waals surface area contributed by atoms with E-state index >= 15 is 0 Å². The van der Waals surface area contributed by atoms with E-state index in [1.807, 2.05) is 24.3 Å². The Morgan fingerprint density at radius 1 is 1.35 bits per heavy atom. The quantitative estimate of drug-likeness (QED) is 0.831. The van der Waals surface area contributed by atoms with Crippen molar-refractivity contribution in [2.75, 3.05) is 0 Å². The summed E-state index contributed by atoms with van der Waals surface area (Å²) < 4.78 is 1.58. The lowest BCUT2D eigenvalue weighted by molar-refractivity contribution is 0.0786. The Balaban J connectivity index is 2.19. The highest BCUT2D eigenvalue weighted by Crippen LogP contribution is 2.23. The van der Waals surface area contributed by atoms with Crippen LogP contribution in [-0.4, -0.2) is 15.5 Å². The van der Waals surface area contributed by atoms with Gasteiger partial charge in [0.1, 0.15) is 6.33 Å². The second-order valence-electron chi connectivity index (χ2n) is 5.13. The average Bonchev–Trinajstić information content (AvgIpc) is 2.99. The number of carbonyl (C=O) groups is 1. The zero-order chi connectivity index (χ0) is 14.5. The largest absolute Gasteiger partial charge is 0.276 e. The maximum absolute atomic E-state index is 12.6. The summed E-state index contributed by atoms with van der Waals surface area (Å²) in [5, 5.41) is 0.717. The molecule has 0 spiro atoms. The third kappa shape index (κ3) is 3.48. The number of nitrogens with zero attached hydrogens (tertiary/aromatic N) is 2. The van der Waals surface area contributed by atoms with Gasteiger partial charge in [0.2, 0.25) is 5.91 Å². The molecule has 0 N–H and O–H groups in total. The molecular weight excluding hydrogens is 272 g/mol. The van der Waals surface area contributed by atoms with Crippen LogP contribution in [0.5, 0.6) is 0 Å². The van der Waals surface area contributed by atoms with Gasteiger partial charge in [-0.3, -0.25) is 9.36 Å². The maximum atomic E-state index is 12.6. The molecule has 0 bridgehead atoms. The summed E-state index contributed by atoms with van der Waals surface area (Å²) in [7, 11) is 0. The number of hydrogen-bond donors (Lipinski definition) is 0. The fourth-order valence-corrected chi connectivity index (χ4v) is 2.40. The molecule has 0 saturated heterocycles. The van der Waals surface area contributed by atoms with Crippen molar-refractivity contribution in [2.24, 2.45) is 11.8 Å². The predicted octanol–water partition coefficient (Wildman–Crippen LogP) is 4.08. The molecule has 2 atom stereocenters. The second-order valence-corrected chi connectivity index (χ2v) is 5.57. The molecule has 1 heterocycles. The Hall–Kier alpha value is -1.61. The molecule has 0 aliphatic rings. The van der Waals surface area contributed by atoms with Crippen molar-refractivity contribution in [1.29, 1.82) is 0 Å². The van der Waals surface area contributed by atoms with Crippen molar-refractivity contribution >= 4 is 17.5 Å². The molecule has 0 radical (unpaired) electrons. The summed E-state index contributed by atoms with van der Waals surface area (Å²) in [6.07, 6.45) is 6.61. The number of rotatable bonds is 5. The van der Waals surface area contributed by atoms with Crippen LogP contribution in [0.2, 0.25) is 5.02 Å². The van der Waals surface area contributed by atoms with E-state index in [1.54, 1.807) is 23.3 Å². The molecule has 2 rings (SSSR count). The first-order chi connectivity index (χ1) is 9.61. The topological polar surface area (TPSA) is 34.9 Å². The first-order valence-corrected chi connectivity index (χ1v) is 7.26. The molecule has 2 aromatic rings. The normalized spacial score (nSPS) is 13.9. The second kappa shape index (κ2) is 6.71. The Bertz CT molecular complexity index is 548. The van der Waals surface area contributed by atoms with Crippen molar-refractivity contribution < 1.29 is 4.79 Å². The van der Waals surface area contributed by atoms with Crippen molar-refractivity contribution in [1.82, 2.24) is 9.55 Å². The molecule has 1 aromatic carbocycles. The van der Waals surface area contributed by atoms with Crippen LogP contribution in [0.3, 0.4) is 0 Å². The highest BCUT2D eigenvalue weighted by atomic mass is 35.5. The molecule has 106 valence electrons. The van der Waals surface area contributed by atoms with Crippen molar-refractivity contribution in [3.8, 4) is 0 Å². The van der Waals surface area contributed by atoms with Crippen molar-refractivity contribution in [3.05, 3.63) is 53.6 Å². The van der Waals surface area contributed by atoms with Gasteiger partial charge in [-0.25, -0.2) is 4.98 Å². The van der Waals surface area contributed by atoms with Crippen LogP contribution >= 0.6 is 11.6 Å². The Morgan fingerprint density at radius 3 is 2.60 bits per heavy atom. The van der Waals surface area contributed by atoms with Gasteiger partial charge in [-0.15, -0.1) is 0 Å². The monoisotopic (exact) mass is 290 g/mol. The van der Waals surface area contributed by atoms with Gasteiger partial charge in [0.25, 0.3) is 0 Å². The number of aromatic nitrogens is 2. The summed E-state index contributed by atoms with van der Waals surface area (Å²) in [5.41, 5.74) is 1.13. The van der Waals surface area contributed by atoms with Crippen LogP contribution in [-0.2, 0) is 6.42 Å². The third-order valence-corrected chi connectivity index (χ3v) is 4.03. The fourth-order valence-electron chi connectivity index (χ4n) is 2.27. The zero-order valence-corrected chi connectivity index (χ0v) is 12.5. The molecule has 0 amide bonds. The minimum atomic E-state index is -0.0459. The smallest absolute Gasteiger partial charge is 0.235 e. The van der Waals surface area contributed by atoms with Crippen LogP contribution in [0.25, 0.3) is 0 Å². The van der Waals surface area contributed by atoms with Crippen molar-refractivity contribution in [2.45, 2.75) is 26.7 Å². The first-order valence-electron chi connectivity index (χ1n) is 6.88. The average molecular weight is 291 g/mol. The Morgan fingerprint density at radius 2 is 2.05 bits per heavy atom. The van der Waals surface area contributed by atoms with Gasteiger partial charge in [-0.05, 0) is 30.0 Å². The summed E-state index contributed by atoms with van der Waals surface area (Å²) in [6, 6.07) is 7.70. The van der Waals surface area contributed by atoms with E-state index in [0.29, 0.717) is 5.92 Å². The van der Waals surface area contributed by atoms with Gasteiger partial charge in [0.05, 0.1) is 0 Å². The van der Waals surface area contributed by atoms with Crippen LogP contribution in [0.1, 0.15) is 30.6 Å². The number of benzene rings is 1. The molecule has 2 unspecified atom stereocenters. The number of halogens is 1. The van der Waals surface area contributed by atoms with E-state index in [0.717, 1.165) is 23.4 Å². The van der Waals surface area contributed by atoms with Gasteiger partial charge in [-0.1, -0.05) is 44.0 Å². The standard InChI is InChI=1S/C16H19ClN2O/c1-3-12(2)15(16(20)19-9-8-18-11-19)10-13-4-6-14(17)7-5-13/h4-9,11-12,15H,3,10H2,1-2H3. The molecule has 0 saturated carbocycles. The molecule has 0 aliphatic carbocycles. The van der Waals surface area contributed by atoms with E-state index in [9.17, 15) is 4.79 Å². The molecule has 20 heavy (non-hydrogen) atoms. The Labute approximate surface area is 124 Å². The van der Waals surface area contributed by atoms with Gasteiger partial charge in [0.15, 0.2) is 0 Å². The minimum absolute atomic E-state index is 0.0459. The summed E-state index contributed by atoms with van der Waals surface area (Å²) in [6.45, 7) is 4.23. The van der Waals surface area contributed by atoms with Crippen LogP contribution in [0.15, 0.2) is 43.0 Å². The fraction of sp³-hybridized carbons (Fsp3) is 0.375. The highest BCUT2D eigenvalue weighted by Gasteiger charge is 2.25. The number of carbonyl (C=O) groups excluding carboxylic acids is 1. The third-order valence-electron chi connectivity index (χ3n) is 3.78. The summed E-state index contributed by atoms with van der Waals surface area (Å²) in [4.78, 5) is 16.5. The molecule has 3 nitrogen and oxygen atoms in total. The minimum Gasteiger partial charge on any atom is -0.276 e. The molecule has 4 heteroatoms.